The molecule has 0 aliphatic carbocycles. The molecule has 0 unspecified atom stereocenters. The Labute approximate surface area is 121 Å². The predicted molar refractivity (Wildman–Crippen MR) is 78.7 cm³/mol. The zero-order valence-electron chi connectivity index (χ0n) is 11.5. The van der Waals surface area contributed by atoms with Crippen LogP contribution < -0.4 is 9.64 Å². The molecule has 104 valence electrons. The van der Waals surface area contributed by atoms with Gasteiger partial charge in [0, 0.05) is 24.2 Å². The number of aromatic nitrogens is 2. The fraction of sp³-hybridized carbons (Fsp3) is 0.125. The van der Waals surface area contributed by atoms with Crippen LogP contribution >= 0.6 is 0 Å². The fourth-order valence-electron chi connectivity index (χ4n) is 2.68. The van der Waals surface area contributed by atoms with Crippen molar-refractivity contribution in [3.05, 3.63) is 60.0 Å². The molecule has 3 heterocycles. The summed E-state index contributed by atoms with van der Waals surface area (Å²) in [7, 11) is 1.60. The van der Waals surface area contributed by atoms with Crippen LogP contribution in [0.3, 0.4) is 0 Å². The summed E-state index contributed by atoms with van der Waals surface area (Å²) in [4.78, 5) is 18.6. The van der Waals surface area contributed by atoms with Gasteiger partial charge in [-0.1, -0.05) is 6.07 Å². The van der Waals surface area contributed by atoms with Crippen LogP contribution in [0.5, 0.6) is 5.75 Å². The summed E-state index contributed by atoms with van der Waals surface area (Å²) in [5.41, 5.74) is 3.46. The molecular formula is C16H13N3O2. The Balaban J connectivity index is 1.75. The summed E-state index contributed by atoms with van der Waals surface area (Å²) in [6.07, 6.45) is 5.53. The molecular weight excluding hydrogens is 266 g/mol. The average molecular weight is 279 g/mol. The molecule has 1 aliphatic rings. The van der Waals surface area contributed by atoms with Crippen molar-refractivity contribution < 1.29 is 9.53 Å². The summed E-state index contributed by atoms with van der Waals surface area (Å²) in [5.74, 6) is 0.706. The number of hydrogen-bond acceptors (Lipinski definition) is 3. The highest BCUT2D eigenvalue weighted by molar-refractivity contribution is 6.10. The molecule has 0 radical (unpaired) electrons. The van der Waals surface area contributed by atoms with Crippen molar-refractivity contribution in [3.8, 4) is 5.75 Å². The standard InChI is InChI=1S/C16H13N3O2/c1-21-13-4-2-11-9-19(16(20)14(11)8-13)12-3-5-15-17-6-7-18(15)10-12/h2-8,10H,9H2,1H3. The molecule has 0 spiro atoms. The number of imidazole rings is 1. The number of amides is 1. The van der Waals surface area contributed by atoms with Gasteiger partial charge in [-0.2, -0.15) is 0 Å². The highest BCUT2D eigenvalue weighted by Gasteiger charge is 2.29. The molecule has 21 heavy (non-hydrogen) atoms. The third kappa shape index (κ3) is 1.78. The minimum absolute atomic E-state index is 0.00312. The van der Waals surface area contributed by atoms with E-state index in [9.17, 15) is 4.79 Å². The molecule has 0 saturated heterocycles. The second-order valence-electron chi connectivity index (χ2n) is 4.99. The van der Waals surface area contributed by atoms with E-state index in [0.717, 1.165) is 16.9 Å². The van der Waals surface area contributed by atoms with Crippen molar-refractivity contribution in [3.63, 3.8) is 0 Å². The molecule has 5 nitrogen and oxygen atoms in total. The molecule has 0 atom stereocenters. The number of pyridine rings is 1. The Morgan fingerprint density at radius 3 is 3.00 bits per heavy atom. The molecule has 0 N–H and O–H groups in total. The highest BCUT2D eigenvalue weighted by atomic mass is 16.5. The van der Waals surface area contributed by atoms with Gasteiger partial charge in [0.1, 0.15) is 11.4 Å². The molecule has 1 amide bonds. The van der Waals surface area contributed by atoms with Crippen LogP contribution in [0, 0.1) is 0 Å². The molecule has 1 aliphatic heterocycles. The number of rotatable bonds is 2. The lowest BCUT2D eigenvalue weighted by atomic mass is 10.1. The van der Waals surface area contributed by atoms with Crippen molar-refractivity contribution in [2.45, 2.75) is 6.54 Å². The maximum absolute atomic E-state index is 12.6. The molecule has 2 aromatic heterocycles. The number of hydrogen-bond donors (Lipinski definition) is 0. The van der Waals surface area contributed by atoms with E-state index in [0.29, 0.717) is 17.9 Å². The summed E-state index contributed by atoms with van der Waals surface area (Å²) in [6.45, 7) is 0.582. The predicted octanol–water partition coefficient (Wildman–Crippen LogP) is 2.50. The minimum Gasteiger partial charge on any atom is -0.497 e. The van der Waals surface area contributed by atoms with E-state index in [4.69, 9.17) is 4.74 Å². The van der Waals surface area contributed by atoms with Gasteiger partial charge < -0.3 is 14.0 Å². The number of methoxy groups -OCH3 is 1. The largest absolute Gasteiger partial charge is 0.497 e. The molecule has 0 saturated carbocycles. The summed E-state index contributed by atoms with van der Waals surface area (Å²) < 4.78 is 7.10. The number of benzene rings is 1. The lowest BCUT2D eigenvalue weighted by Gasteiger charge is -2.15. The van der Waals surface area contributed by atoms with E-state index < -0.39 is 0 Å². The molecule has 4 rings (SSSR count). The maximum Gasteiger partial charge on any atom is 0.259 e. The van der Waals surface area contributed by atoms with Gasteiger partial charge in [0.15, 0.2) is 0 Å². The number of nitrogens with zero attached hydrogens (tertiary/aromatic N) is 3. The first kappa shape index (κ1) is 12.0. The van der Waals surface area contributed by atoms with E-state index in [-0.39, 0.29) is 5.91 Å². The zero-order chi connectivity index (χ0) is 14.4. The smallest absolute Gasteiger partial charge is 0.259 e. The monoisotopic (exact) mass is 279 g/mol. The minimum atomic E-state index is 0.00312. The molecule has 1 aromatic carbocycles. The fourth-order valence-corrected chi connectivity index (χ4v) is 2.68. The number of carbonyl (C=O) groups is 1. The Morgan fingerprint density at radius 1 is 1.24 bits per heavy atom. The van der Waals surface area contributed by atoms with Gasteiger partial charge in [-0.15, -0.1) is 0 Å². The zero-order valence-corrected chi connectivity index (χ0v) is 11.5. The number of ether oxygens (including phenoxy) is 1. The number of anilines is 1. The third-order valence-corrected chi connectivity index (χ3v) is 3.81. The lowest BCUT2D eigenvalue weighted by molar-refractivity contribution is 0.0996. The Hall–Kier alpha value is -2.82. The van der Waals surface area contributed by atoms with Crippen LogP contribution in [0.4, 0.5) is 5.69 Å². The average Bonchev–Trinajstić information content (AvgIpc) is 3.11. The van der Waals surface area contributed by atoms with Gasteiger partial charge in [0.25, 0.3) is 5.91 Å². The Kier molecular flexibility index (Phi) is 2.47. The van der Waals surface area contributed by atoms with Crippen LogP contribution in [-0.2, 0) is 6.54 Å². The SMILES string of the molecule is COc1ccc2c(c1)C(=O)N(c1ccc3nccn3c1)C2. The van der Waals surface area contributed by atoms with Crippen molar-refractivity contribution in [1.82, 2.24) is 9.38 Å². The topological polar surface area (TPSA) is 46.8 Å². The van der Waals surface area contributed by atoms with Crippen molar-refractivity contribution in [2.75, 3.05) is 12.0 Å². The summed E-state index contributed by atoms with van der Waals surface area (Å²) in [6, 6.07) is 9.46. The van der Waals surface area contributed by atoms with Crippen molar-refractivity contribution in [1.29, 1.82) is 0 Å². The molecule has 0 bridgehead atoms. The van der Waals surface area contributed by atoms with Crippen molar-refractivity contribution in [2.24, 2.45) is 0 Å². The van der Waals surface area contributed by atoms with Gasteiger partial charge in [-0.05, 0) is 29.8 Å². The van der Waals surface area contributed by atoms with Gasteiger partial charge in [0.2, 0.25) is 0 Å². The van der Waals surface area contributed by atoms with Crippen LogP contribution in [0.25, 0.3) is 5.65 Å². The van der Waals surface area contributed by atoms with Crippen LogP contribution in [0.1, 0.15) is 15.9 Å². The van der Waals surface area contributed by atoms with Gasteiger partial charge in [0.05, 0.1) is 19.3 Å². The van der Waals surface area contributed by atoms with Crippen LogP contribution in [0.15, 0.2) is 48.9 Å². The van der Waals surface area contributed by atoms with Crippen LogP contribution in [-0.4, -0.2) is 22.4 Å². The van der Waals surface area contributed by atoms with Crippen LogP contribution in [0.2, 0.25) is 0 Å². The number of fused-ring (bicyclic) bond motifs is 2. The second kappa shape index (κ2) is 4.34. The first-order chi connectivity index (χ1) is 10.3. The third-order valence-electron chi connectivity index (χ3n) is 3.81. The maximum atomic E-state index is 12.6. The lowest BCUT2D eigenvalue weighted by Crippen LogP contribution is -2.23. The number of carbonyl (C=O) groups excluding carboxylic acids is 1. The Bertz CT molecular complexity index is 854. The van der Waals surface area contributed by atoms with Gasteiger partial charge >= 0.3 is 0 Å². The van der Waals surface area contributed by atoms with Gasteiger partial charge in [-0.25, -0.2) is 4.98 Å². The van der Waals surface area contributed by atoms with E-state index >= 15 is 0 Å². The summed E-state index contributed by atoms with van der Waals surface area (Å²) in [5, 5.41) is 0. The second-order valence-corrected chi connectivity index (χ2v) is 4.99. The first-order valence-corrected chi connectivity index (χ1v) is 6.68. The Morgan fingerprint density at radius 2 is 2.14 bits per heavy atom. The van der Waals surface area contributed by atoms with Crippen molar-refractivity contribution >= 4 is 17.2 Å². The quantitative estimate of drug-likeness (QED) is 0.724. The summed E-state index contributed by atoms with van der Waals surface area (Å²) >= 11 is 0. The van der Waals surface area contributed by atoms with E-state index in [1.54, 1.807) is 24.3 Å². The van der Waals surface area contributed by atoms with E-state index in [1.165, 1.54) is 0 Å². The van der Waals surface area contributed by atoms with Gasteiger partial charge in [-0.3, -0.25) is 4.79 Å². The first-order valence-electron chi connectivity index (χ1n) is 6.68. The van der Waals surface area contributed by atoms with E-state index in [1.807, 2.05) is 41.1 Å². The molecule has 5 heteroatoms. The normalized spacial score (nSPS) is 13.8. The highest BCUT2D eigenvalue weighted by Crippen LogP contribution is 2.30. The molecule has 3 aromatic rings. The molecule has 0 fully saturated rings. The van der Waals surface area contributed by atoms with E-state index in [2.05, 4.69) is 4.98 Å².